The van der Waals surface area contributed by atoms with Crippen LogP contribution in [0.15, 0.2) is 35.9 Å². The van der Waals surface area contributed by atoms with Gasteiger partial charge in [-0.1, -0.05) is 23.8 Å². The molecule has 1 aromatic rings. The first kappa shape index (κ1) is 17.1. The van der Waals surface area contributed by atoms with Crippen LogP contribution >= 0.6 is 0 Å². The van der Waals surface area contributed by atoms with E-state index in [-0.39, 0.29) is 23.9 Å². The highest BCUT2D eigenvalue weighted by Gasteiger charge is 2.53. The molecular formula is C21H26N2O3. The second-order valence-electron chi connectivity index (χ2n) is 7.81. The molecule has 0 spiro atoms. The second kappa shape index (κ2) is 6.45. The van der Waals surface area contributed by atoms with Crippen LogP contribution in [0.5, 0.6) is 5.75 Å². The summed E-state index contributed by atoms with van der Waals surface area (Å²) in [7, 11) is 1.65. The number of amides is 2. The summed E-state index contributed by atoms with van der Waals surface area (Å²) < 4.78 is 5.25. The Morgan fingerprint density at radius 1 is 1.23 bits per heavy atom. The number of benzene rings is 1. The van der Waals surface area contributed by atoms with Gasteiger partial charge < -0.3 is 15.0 Å². The lowest BCUT2D eigenvalue weighted by molar-refractivity contribution is -0.142. The fourth-order valence-corrected chi connectivity index (χ4v) is 4.80. The molecule has 0 aromatic heterocycles. The molecular weight excluding hydrogens is 328 g/mol. The molecule has 2 fully saturated rings. The van der Waals surface area contributed by atoms with E-state index in [1.807, 2.05) is 29.2 Å². The van der Waals surface area contributed by atoms with Crippen molar-refractivity contribution in [2.45, 2.75) is 51.1 Å². The zero-order chi connectivity index (χ0) is 18.3. The summed E-state index contributed by atoms with van der Waals surface area (Å²) in [4.78, 5) is 28.2. The molecule has 0 unspecified atom stereocenters. The monoisotopic (exact) mass is 354 g/mol. The Labute approximate surface area is 154 Å². The van der Waals surface area contributed by atoms with Crippen LogP contribution in [0.2, 0.25) is 0 Å². The molecule has 0 bridgehead atoms. The Bertz CT molecular complexity index is 755. The molecule has 5 heteroatoms. The third-order valence-corrected chi connectivity index (χ3v) is 6.14. The molecule has 2 heterocycles. The van der Waals surface area contributed by atoms with Crippen molar-refractivity contribution in [1.82, 2.24) is 10.2 Å². The van der Waals surface area contributed by atoms with Gasteiger partial charge >= 0.3 is 0 Å². The van der Waals surface area contributed by atoms with Crippen LogP contribution in [0.1, 0.15) is 38.2 Å². The molecule has 0 saturated carbocycles. The number of ether oxygens (including phenoxy) is 1. The van der Waals surface area contributed by atoms with E-state index in [4.69, 9.17) is 4.74 Å². The van der Waals surface area contributed by atoms with Gasteiger partial charge in [0.2, 0.25) is 11.8 Å². The number of methoxy groups -OCH3 is 1. The van der Waals surface area contributed by atoms with Crippen molar-refractivity contribution in [3.63, 3.8) is 0 Å². The number of fused-ring (bicyclic) bond motifs is 2. The predicted octanol–water partition coefficient (Wildman–Crippen LogP) is 2.45. The summed E-state index contributed by atoms with van der Waals surface area (Å²) in [6, 6.07) is 7.46. The SMILES string of the molecule is COc1ccc(C[C@]23C=C(C)CC[C@H]2NC(=O)[C@H]2CCCN2C3=O)cc1. The van der Waals surface area contributed by atoms with Gasteiger partial charge in [-0.15, -0.1) is 0 Å². The first-order valence-corrected chi connectivity index (χ1v) is 9.46. The number of hydrogen-bond acceptors (Lipinski definition) is 3. The molecule has 1 aliphatic carbocycles. The average Bonchev–Trinajstić information content (AvgIpc) is 3.11. The number of rotatable bonds is 3. The fourth-order valence-electron chi connectivity index (χ4n) is 4.80. The van der Waals surface area contributed by atoms with E-state index in [0.717, 1.165) is 37.0 Å². The van der Waals surface area contributed by atoms with Gasteiger partial charge in [0.25, 0.3) is 0 Å². The molecule has 1 N–H and O–H groups in total. The van der Waals surface area contributed by atoms with Crippen LogP contribution in [0.3, 0.4) is 0 Å². The van der Waals surface area contributed by atoms with Gasteiger partial charge in [-0.2, -0.15) is 0 Å². The highest BCUT2D eigenvalue weighted by Crippen LogP contribution is 2.42. The Balaban J connectivity index is 1.76. The lowest BCUT2D eigenvalue weighted by atomic mass is 9.68. The number of nitrogens with zero attached hydrogens (tertiary/aromatic N) is 1. The minimum Gasteiger partial charge on any atom is -0.497 e. The first-order valence-electron chi connectivity index (χ1n) is 9.46. The molecule has 4 rings (SSSR count). The Morgan fingerprint density at radius 3 is 2.73 bits per heavy atom. The highest BCUT2D eigenvalue weighted by atomic mass is 16.5. The van der Waals surface area contributed by atoms with Crippen LogP contribution in [0.4, 0.5) is 0 Å². The predicted molar refractivity (Wildman–Crippen MR) is 98.8 cm³/mol. The maximum atomic E-state index is 13.7. The van der Waals surface area contributed by atoms with Gasteiger partial charge in [0.05, 0.1) is 12.5 Å². The summed E-state index contributed by atoms with van der Waals surface area (Å²) in [6.45, 7) is 2.77. The number of hydrogen-bond donors (Lipinski definition) is 1. The standard InChI is InChI=1S/C21H26N2O3/c1-14-5-10-18-21(12-14,13-15-6-8-16(26-2)9-7-15)20(25)23-11-3-4-17(23)19(24)22-18/h6-9,12,17-18H,3-5,10-11,13H2,1-2H3,(H,22,24)/t17-,18-,21-/m1/s1. The Hall–Kier alpha value is -2.30. The molecule has 1 aromatic carbocycles. The summed E-state index contributed by atoms with van der Waals surface area (Å²) in [5, 5.41) is 3.22. The maximum absolute atomic E-state index is 13.7. The van der Waals surface area contributed by atoms with Crippen LogP contribution in [-0.2, 0) is 16.0 Å². The molecule has 0 radical (unpaired) electrons. The van der Waals surface area contributed by atoms with Gasteiger partial charge in [-0.3, -0.25) is 9.59 Å². The summed E-state index contributed by atoms with van der Waals surface area (Å²) in [5.41, 5.74) is 1.63. The molecule has 138 valence electrons. The van der Waals surface area contributed by atoms with E-state index in [1.165, 1.54) is 5.57 Å². The first-order chi connectivity index (χ1) is 12.5. The molecule has 2 amide bonds. The normalized spacial score (nSPS) is 30.8. The molecule has 5 nitrogen and oxygen atoms in total. The zero-order valence-electron chi connectivity index (χ0n) is 15.5. The molecule has 3 atom stereocenters. The molecule has 26 heavy (non-hydrogen) atoms. The third-order valence-electron chi connectivity index (χ3n) is 6.14. The van der Waals surface area contributed by atoms with Gasteiger partial charge in [-0.05, 0) is 56.7 Å². The van der Waals surface area contributed by atoms with E-state index in [0.29, 0.717) is 13.0 Å². The highest BCUT2D eigenvalue weighted by molar-refractivity contribution is 5.95. The van der Waals surface area contributed by atoms with Crippen LogP contribution in [0, 0.1) is 5.41 Å². The Kier molecular flexibility index (Phi) is 4.25. The molecule has 2 saturated heterocycles. The zero-order valence-corrected chi connectivity index (χ0v) is 15.5. The van der Waals surface area contributed by atoms with E-state index in [2.05, 4.69) is 18.3 Å². The third kappa shape index (κ3) is 2.70. The van der Waals surface area contributed by atoms with Gasteiger partial charge in [0.15, 0.2) is 0 Å². The summed E-state index contributed by atoms with van der Waals surface area (Å²) >= 11 is 0. The van der Waals surface area contributed by atoms with Crippen molar-refractivity contribution in [3.05, 3.63) is 41.5 Å². The van der Waals surface area contributed by atoms with E-state index >= 15 is 0 Å². The minimum absolute atomic E-state index is 0.0189. The second-order valence-corrected chi connectivity index (χ2v) is 7.81. The molecule has 2 aliphatic heterocycles. The lowest BCUT2D eigenvalue weighted by Gasteiger charge is -2.41. The van der Waals surface area contributed by atoms with Crippen molar-refractivity contribution in [2.24, 2.45) is 5.41 Å². The number of nitrogens with one attached hydrogen (secondary N) is 1. The van der Waals surface area contributed by atoms with E-state index in [1.54, 1.807) is 7.11 Å². The number of carbonyl (C=O) groups is 2. The lowest BCUT2D eigenvalue weighted by Crippen LogP contribution is -2.53. The van der Waals surface area contributed by atoms with Crippen LogP contribution in [0.25, 0.3) is 0 Å². The van der Waals surface area contributed by atoms with Crippen LogP contribution < -0.4 is 10.1 Å². The fraction of sp³-hybridized carbons (Fsp3) is 0.524. The van der Waals surface area contributed by atoms with Crippen molar-refractivity contribution in [1.29, 1.82) is 0 Å². The van der Waals surface area contributed by atoms with Crippen LogP contribution in [-0.4, -0.2) is 42.5 Å². The summed E-state index contributed by atoms with van der Waals surface area (Å²) in [6.07, 6.45) is 6.14. The Morgan fingerprint density at radius 2 is 2.00 bits per heavy atom. The van der Waals surface area contributed by atoms with E-state index in [9.17, 15) is 9.59 Å². The smallest absolute Gasteiger partial charge is 0.243 e. The number of allylic oxidation sites excluding steroid dienone is 1. The van der Waals surface area contributed by atoms with Crippen molar-refractivity contribution in [3.8, 4) is 5.75 Å². The van der Waals surface area contributed by atoms with E-state index < -0.39 is 5.41 Å². The van der Waals surface area contributed by atoms with Crippen molar-refractivity contribution in [2.75, 3.05) is 13.7 Å². The van der Waals surface area contributed by atoms with Gasteiger partial charge in [-0.25, -0.2) is 0 Å². The van der Waals surface area contributed by atoms with Crippen molar-refractivity contribution >= 4 is 11.8 Å². The largest absolute Gasteiger partial charge is 0.497 e. The van der Waals surface area contributed by atoms with Crippen molar-refractivity contribution < 1.29 is 14.3 Å². The number of carbonyl (C=O) groups excluding carboxylic acids is 2. The quantitative estimate of drug-likeness (QED) is 0.849. The topological polar surface area (TPSA) is 58.6 Å². The summed E-state index contributed by atoms with van der Waals surface area (Å²) in [5.74, 6) is 0.932. The molecule has 3 aliphatic rings. The average molecular weight is 354 g/mol. The van der Waals surface area contributed by atoms with Gasteiger partial charge in [0, 0.05) is 12.6 Å². The maximum Gasteiger partial charge on any atom is 0.243 e. The van der Waals surface area contributed by atoms with Gasteiger partial charge in [0.1, 0.15) is 11.8 Å². The minimum atomic E-state index is -0.689.